The summed E-state index contributed by atoms with van der Waals surface area (Å²) in [4.78, 5) is 19.8. The average molecular weight is 386 g/mol. The quantitative estimate of drug-likeness (QED) is 0.629. The zero-order valence-electron chi connectivity index (χ0n) is 14.9. The second kappa shape index (κ2) is 7.67. The number of rotatable bonds is 5. The maximum atomic E-state index is 12.8. The number of nitrogen functional groups attached to an aromatic ring is 1. The summed E-state index contributed by atoms with van der Waals surface area (Å²) in [7, 11) is 0. The summed E-state index contributed by atoms with van der Waals surface area (Å²) in [6.07, 6.45) is -4.40. The third-order valence-corrected chi connectivity index (χ3v) is 4.04. The molecule has 0 aliphatic heterocycles. The molecule has 28 heavy (non-hydrogen) atoms. The highest BCUT2D eigenvalue weighted by molar-refractivity contribution is 5.95. The van der Waals surface area contributed by atoms with Gasteiger partial charge >= 0.3 is 6.18 Å². The van der Waals surface area contributed by atoms with E-state index in [-0.39, 0.29) is 18.3 Å². The van der Waals surface area contributed by atoms with Crippen molar-refractivity contribution in [3.63, 3.8) is 0 Å². The molecule has 2 aromatic carbocycles. The van der Waals surface area contributed by atoms with Crippen LogP contribution >= 0.6 is 0 Å². The molecule has 0 spiro atoms. The van der Waals surface area contributed by atoms with Crippen molar-refractivity contribution in [3.05, 3.63) is 71.3 Å². The summed E-state index contributed by atoms with van der Waals surface area (Å²) in [5.74, 6) is 0.303. The molecule has 1 heterocycles. The predicted octanol–water partition coefficient (Wildman–Crippen LogP) is 4.56. The molecular formula is C20H17F3N4O. The van der Waals surface area contributed by atoms with Gasteiger partial charge in [0.15, 0.2) is 5.78 Å². The first-order valence-corrected chi connectivity index (χ1v) is 8.38. The van der Waals surface area contributed by atoms with Crippen LogP contribution in [0.15, 0.2) is 54.6 Å². The zero-order chi connectivity index (χ0) is 20.3. The molecule has 0 aliphatic carbocycles. The van der Waals surface area contributed by atoms with E-state index in [9.17, 15) is 18.0 Å². The number of carbonyl (C=O) groups is 1. The van der Waals surface area contributed by atoms with E-state index in [0.29, 0.717) is 28.2 Å². The molecule has 8 heteroatoms. The van der Waals surface area contributed by atoms with Gasteiger partial charge in [0.1, 0.15) is 5.82 Å². The first-order chi connectivity index (χ1) is 13.2. The lowest BCUT2D eigenvalue weighted by atomic mass is 10.1. The van der Waals surface area contributed by atoms with Crippen molar-refractivity contribution in [2.75, 3.05) is 11.1 Å². The SMILES string of the molecule is CC(=O)c1cccc(-c2cc(NCc3cccc(C(F)(F)F)c3)nc(N)n2)c1. The number of benzene rings is 2. The fourth-order valence-corrected chi connectivity index (χ4v) is 2.65. The van der Waals surface area contributed by atoms with Gasteiger partial charge in [-0.2, -0.15) is 18.2 Å². The van der Waals surface area contributed by atoms with Gasteiger partial charge in [-0.25, -0.2) is 4.98 Å². The van der Waals surface area contributed by atoms with Crippen molar-refractivity contribution in [3.8, 4) is 11.3 Å². The summed E-state index contributed by atoms with van der Waals surface area (Å²) < 4.78 is 38.5. The molecular weight excluding hydrogens is 369 g/mol. The second-order valence-corrected chi connectivity index (χ2v) is 6.19. The van der Waals surface area contributed by atoms with Crippen LogP contribution in [0.1, 0.15) is 28.4 Å². The molecule has 0 bridgehead atoms. The molecule has 0 amide bonds. The molecule has 0 saturated heterocycles. The minimum absolute atomic E-state index is 0.0114. The Kier molecular flexibility index (Phi) is 5.30. The number of carbonyl (C=O) groups excluding carboxylic acids is 1. The Morgan fingerprint density at radius 1 is 1.07 bits per heavy atom. The van der Waals surface area contributed by atoms with E-state index >= 15 is 0 Å². The number of ketones is 1. The third kappa shape index (κ3) is 4.64. The van der Waals surface area contributed by atoms with E-state index in [0.717, 1.165) is 12.1 Å². The van der Waals surface area contributed by atoms with Crippen molar-refractivity contribution in [2.24, 2.45) is 0 Å². The summed E-state index contributed by atoms with van der Waals surface area (Å²) in [5, 5.41) is 2.96. The summed E-state index contributed by atoms with van der Waals surface area (Å²) in [6, 6.07) is 13.6. The zero-order valence-corrected chi connectivity index (χ0v) is 14.9. The van der Waals surface area contributed by atoms with Crippen molar-refractivity contribution < 1.29 is 18.0 Å². The van der Waals surface area contributed by atoms with Crippen molar-refractivity contribution in [1.29, 1.82) is 0 Å². The van der Waals surface area contributed by atoms with Crippen molar-refractivity contribution in [2.45, 2.75) is 19.6 Å². The van der Waals surface area contributed by atoms with Crippen LogP contribution in [0.5, 0.6) is 0 Å². The highest BCUT2D eigenvalue weighted by atomic mass is 19.4. The molecule has 3 rings (SSSR count). The van der Waals surface area contributed by atoms with Crippen LogP contribution < -0.4 is 11.1 Å². The number of Topliss-reactive ketones (excluding diaryl/α,β-unsaturated/α-hetero) is 1. The smallest absolute Gasteiger partial charge is 0.368 e. The topological polar surface area (TPSA) is 80.9 Å². The van der Waals surface area contributed by atoms with E-state index < -0.39 is 11.7 Å². The Hall–Kier alpha value is -3.42. The van der Waals surface area contributed by atoms with Crippen molar-refractivity contribution in [1.82, 2.24) is 9.97 Å². The number of nitrogens with two attached hydrogens (primary N) is 1. The Morgan fingerprint density at radius 2 is 1.82 bits per heavy atom. The van der Waals surface area contributed by atoms with Gasteiger partial charge in [-0.1, -0.05) is 30.3 Å². The van der Waals surface area contributed by atoms with Crippen LogP contribution in [-0.4, -0.2) is 15.8 Å². The number of aromatic nitrogens is 2. The summed E-state index contributed by atoms with van der Waals surface area (Å²) in [6.45, 7) is 1.60. The van der Waals surface area contributed by atoms with Crippen LogP contribution in [0.3, 0.4) is 0 Å². The Labute approximate surface area is 159 Å². The van der Waals surface area contributed by atoms with Gasteiger partial charge in [-0.3, -0.25) is 4.79 Å². The minimum atomic E-state index is -4.40. The molecule has 0 radical (unpaired) electrons. The summed E-state index contributed by atoms with van der Waals surface area (Å²) in [5.41, 5.74) is 7.23. The molecule has 144 valence electrons. The maximum Gasteiger partial charge on any atom is 0.416 e. The van der Waals surface area contributed by atoms with Crippen LogP contribution in [0, 0.1) is 0 Å². The van der Waals surface area contributed by atoms with Gasteiger partial charge in [0.05, 0.1) is 11.3 Å². The largest absolute Gasteiger partial charge is 0.416 e. The lowest BCUT2D eigenvalue weighted by Gasteiger charge is -2.11. The second-order valence-electron chi connectivity index (χ2n) is 6.19. The normalized spacial score (nSPS) is 11.3. The Balaban J connectivity index is 1.83. The molecule has 5 nitrogen and oxygen atoms in total. The maximum absolute atomic E-state index is 12.8. The summed E-state index contributed by atoms with van der Waals surface area (Å²) >= 11 is 0. The van der Waals surface area contributed by atoms with E-state index in [2.05, 4.69) is 15.3 Å². The number of anilines is 2. The van der Waals surface area contributed by atoms with Gasteiger partial charge in [-0.15, -0.1) is 0 Å². The fourth-order valence-electron chi connectivity index (χ4n) is 2.65. The van der Waals surface area contributed by atoms with Gasteiger partial charge in [-0.05, 0) is 30.7 Å². The first kappa shape index (κ1) is 19.3. The van der Waals surface area contributed by atoms with E-state index in [4.69, 9.17) is 5.73 Å². The van der Waals surface area contributed by atoms with Crippen molar-refractivity contribution >= 4 is 17.5 Å². The number of alkyl halides is 3. The molecule has 0 aliphatic rings. The predicted molar refractivity (Wildman–Crippen MR) is 101 cm³/mol. The number of nitrogens with zero attached hydrogens (tertiary/aromatic N) is 2. The molecule has 0 saturated carbocycles. The first-order valence-electron chi connectivity index (χ1n) is 8.38. The third-order valence-electron chi connectivity index (χ3n) is 4.04. The van der Waals surface area contributed by atoms with Gasteiger partial charge in [0, 0.05) is 23.7 Å². The lowest BCUT2D eigenvalue weighted by Crippen LogP contribution is -2.08. The molecule has 0 unspecified atom stereocenters. The standard InChI is InChI=1S/C20H17F3N4O/c1-12(28)14-5-3-6-15(9-14)17-10-18(27-19(24)26-17)25-11-13-4-2-7-16(8-13)20(21,22)23/h2-10H,11H2,1H3,(H3,24,25,26,27). The van der Waals surface area contributed by atoms with Gasteiger partial charge < -0.3 is 11.1 Å². The van der Waals surface area contributed by atoms with Crippen LogP contribution in [-0.2, 0) is 12.7 Å². The Morgan fingerprint density at radius 3 is 2.54 bits per heavy atom. The number of hydrogen-bond donors (Lipinski definition) is 2. The number of hydrogen-bond acceptors (Lipinski definition) is 5. The highest BCUT2D eigenvalue weighted by Gasteiger charge is 2.30. The van der Waals surface area contributed by atoms with Crippen LogP contribution in [0.4, 0.5) is 24.9 Å². The highest BCUT2D eigenvalue weighted by Crippen LogP contribution is 2.29. The van der Waals surface area contributed by atoms with Gasteiger partial charge in [0.2, 0.25) is 5.95 Å². The van der Waals surface area contributed by atoms with E-state index in [1.165, 1.54) is 13.0 Å². The number of nitrogens with one attached hydrogen (secondary N) is 1. The molecule has 0 fully saturated rings. The molecule has 0 atom stereocenters. The van der Waals surface area contributed by atoms with E-state index in [1.807, 2.05) is 0 Å². The fraction of sp³-hybridized carbons (Fsp3) is 0.150. The monoisotopic (exact) mass is 386 g/mol. The average Bonchev–Trinajstić information content (AvgIpc) is 2.65. The molecule has 3 aromatic rings. The van der Waals surface area contributed by atoms with E-state index in [1.54, 1.807) is 36.4 Å². The lowest BCUT2D eigenvalue weighted by molar-refractivity contribution is -0.137. The van der Waals surface area contributed by atoms with Gasteiger partial charge in [0.25, 0.3) is 0 Å². The number of halogens is 3. The molecule has 3 N–H and O–H groups in total. The molecule has 1 aromatic heterocycles. The Bertz CT molecular complexity index is 1020. The van der Waals surface area contributed by atoms with Crippen LogP contribution in [0.25, 0.3) is 11.3 Å². The minimum Gasteiger partial charge on any atom is -0.368 e. The van der Waals surface area contributed by atoms with Crippen LogP contribution in [0.2, 0.25) is 0 Å².